The first kappa shape index (κ1) is 16.4. The van der Waals surface area contributed by atoms with Crippen LogP contribution in [-0.4, -0.2) is 16.5 Å². The zero-order valence-electron chi connectivity index (χ0n) is 12.3. The van der Waals surface area contributed by atoms with Gasteiger partial charge in [-0.25, -0.2) is 9.97 Å². The van der Waals surface area contributed by atoms with Gasteiger partial charge in [0.2, 0.25) is 0 Å². The molecule has 0 aliphatic rings. The predicted octanol–water partition coefficient (Wildman–Crippen LogP) is 4.84. The number of benzene rings is 1. The number of hydrogen-bond acceptors (Lipinski definition) is 4. The number of halogens is 2. The van der Waals surface area contributed by atoms with Gasteiger partial charge in [-0.3, -0.25) is 0 Å². The van der Waals surface area contributed by atoms with E-state index in [2.05, 4.69) is 21.4 Å². The fourth-order valence-electron chi connectivity index (χ4n) is 2.21. The van der Waals surface area contributed by atoms with Crippen molar-refractivity contribution in [3.63, 3.8) is 0 Å². The third kappa shape index (κ3) is 4.30. The summed E-state index contributed by atoms with van der Waals surface area (Å²) in [5.74, 6) is 0. The van der Waals surface area contributed by atoms with Crippen LogP contribution in [0.1, 0.15) is 10.6 Å². The number of hydrogen-bond donors (Lipinski definition) is 1. The lowest BCUT2D eigenvalue weighted by atomic mass is 10.1. The molecular formula is C17H15Cl2N3S. The lowest BCUT2D eigenvalue weighted by Crippen LogP contribution is -2.16. The van der Waals surface area contributed by atoms with Gasteiger partial charge in [0.15, 0.2) is 0 Å². The van der Waals surface area contributed by atoms with Crippen LogP contribution >= 0.6 is 34.5 Å². The van der Waals surface area contributed by atoms with Crippen molar-refractivity contribution in [2.24, 2.45) is 0 Å². The Balaban J connectivity index is 1.54. The van der Waals surface area contributed by atoms with Crippen LogP contribution in [0.5, 0.6) is 0 Å². The van der Waals surface area contributed by atoms with Crippen molar-refractivity contribution in [1.82, 2.24) is 15.3 Å². The van der Waals surface area contributed by atoms with Gasteiger partial charge in [-0.15, -0.1) is 11.3 Å². The summed E-state index contributed by atoms with van der Waals surface area (Å²) in [6, 6.07) is 11.8. The van der Waals surface area contributed by atoms with Gasteiger partial charge in [-0.2, -0.15) is 0 Å². The molecule has 2 aromatic heterocycles. The van der Waals surface area contributed by atoms with Crippen LogP contribution in [-0.2, 0) is 13.0 Å². The topological polar surface area (TPSA) is 37.8 Å². The first-order valence-corrected chi connectivity index (χ1v) is 8.81. The fourth-order valence-corrected chi connectivity index (χ4v) is 3.63. The summed E-state index contributed by atoms with van der Waals surface area (Å²) >= 11 is 13.9. The number of nitrogens with one attached hydrogen (secondary N) is 1. The molecule has 0 saturated carbocycles. The van der Waals surface area contributed by atoms with E-state index in [1.807, 2.05) is 36.5 Å². The summed E-state index contributed by atoms with van der Waals surface area (Å²) < 4.78 is 0. The molecule has 0 atom stereocenters. The maximum Gasteiger partial charge on any atom is 0.137 e. The fraction of sp³-hybridized carbons (Fsp3) is 0.176. The highest BCUT2D eigenvalue weighted by molar-refractivity contribution is 7.15. The average Bonchev–Trinajstić information content (AvgIpc) is 3.02. The second-order valence-electron chi connectivity index (χ2n) is 4.98. The minimum Gasteiger partial charge on any atom is -0.310 e. The minimum absolute atomic E-state index is 0.509. The van der Waals surface area contributed by atoms with Crippen LogP contribution in [0.2, 0.25) is 10.2 Å². The van der Waals surface area contributed by atoms with Crippen molar-refractivity contribution in [2.45, 2.75) is 13.0 Å². The number of pyridine rings is 1. The number of aromatic nitrogens is 2. The molecule has 6 heteroatoms. The molecule has 23 heavy (non-hydrogen) atoms. The van der Waals surface area contributed by atoms with Crippen LogP contribution in [0.25, 0.3) is 10.4 Å². The van der Waals surface area contributed by atoms with Crippen molar-refractivity contribution < 1.29 is 0 Å². The summed E-state index contributed by atoms with van der Waals surface area (Å²) in [5.41, 5.74) is 2.08. The Bertz CT molecular complexity index is 789. The monoisotopic (exact) mass is 363 g/mol. The van der Waals surface area contributed by atoms with E-state index in [4.69, 9.17) is 23.2 Å². The van der Waals surface area contributed by atoms with Gasteiger partial charge in [0.1, 0.15) is 10.2 Å². The third-order valence-corrected chi connectivity index (χ3v) is 5.08. The Morgan fingerprint density at radius 1 is 1.04 bits per heavy atom. The SMILES string of the molecule is Clc1ccccc1CCNCc1ncc(-c2cccnc2Cl)s1. The normalized spacial score (nSPS) is 10.9. The Morgan fingerprint density at radius 3 is 2.74 bits per heavy atom. The molecule has 3 aromatic rings. The molecule has 0 bridgehead atoms. The molecule has 0 amide bonds. The molecular weight excluding hydrogens is 349 g/mol. The molecule has 2 heterocycles. The molecule has 0 aliphatic carbocycles. The molecule has 118 valence electrons. The standard InChI is InChI=1S/C17H15Cl2N3S/c18-14-6-2-1-4-12(14)7-9-20-11-16-22-10-15(23-16)13-5-3-8-21-17(13)19/h1-6,8,10,20H,7,9,11H2. The quantitative estimate of drug-likeness (QED) is 0.502. The summed E-state index contributed by atoms with van der Waals surface area (Å²) in [4.78, 5) is 9.57. The van der Waals surface area contributed by atoms with Gasteiger partial charge in [0.05, 0.1) is 4.88 Å². The van der Waals surface area contributed by atoms with E-state index in [-0.39, 0.29) is 0 Å². The average molecular weight is 364 g/mol. The van der Waals surface area contributed by atoms with Crippen molar-refractivity contribution in [1.29, 1.82) is 0 Å². The van der Waals surface area contributed by atoms with Crippen molar-refractivity contribution >= 4 is 34.5 Å². The van der Waals surface area contributed by atoms with Gasteiger partial charge in [-0.05, 0) is 36.7 Å². The molecule has 3 nitrogen and oxygen atoms in total. The summed E-state index contributed by atoms with van der Waals surface area (Å²) in [6.07, 6.45) is 4.43. The van der Waals surface area contributed by atoms with Gasteiger partial charge in [-0.1, -0.05) is 41.4 Å². The van der Waals surface area contributed by atoms with Crippen LogP contribution in [0.3, 0.4) is 0 Å². The van der Waals surface area contributed by atoms with Crippen LogP contribution in [0.4, 0.5) is 0 Å². The van der Waals surface area contributed by atoms with Gasteiger partial charge >= 0.3 is 0 Å². The highest BCUT2D eigenvalue weighted by atomic mass is 35.5. The minimum atomic E-state index is 0.509. The Morgan fingerprint density at radius 2 is 1.91 bits per heavy atom. The Hall–Kier alpha value is -1.46. The van der Waals surface area contributed by atoms with Crippen molar-refractivity contribution in [3.05, 3.63) is 69.5 Å². The molecule has 1 aromatic carbocycles. The van der Waals surface area contributed by atoms with Crippen LogP contribution in [0, 0.1) is 0 Å². The molecule has 3 rings (SSSR count). The van der Waals surface area contributed by atoms with E-state index in [1.54, 1.807) is 17.5 Å². The third-order valence-electron chi connectivity index (χ3n) is 3.38. The number of thiazole rings is 1. The van der Waals surface area contributed by atoms with E-state index in [0.29, 0.717) is 5.15 Å². The first-order chi connectivity index (χ1) is 11.2. The predicted molar refractivity (Wildman–Crippen MR) is 97.2 cm³/mol. The summed E-state index contributed by atoms with van der Waals surface area (Å²) in [6.45, 7) is 1.58. The summed E-state index contributed by atoms with van der Waals surface area (Å²) in [7, 11) is 0. The Labute approximate surface area is 149 Å². The zero-order valence-corrected chi connectivity index (χ0v) is 14.6. The van der Waals surface area contributed by atoms with Crippen molar-refractivity contribution in [3.8, 4) is 10.4 Å². The molecule has 0 fully saturated rings. The largest absolute Gasteiger partial charge is 0.310 e. The molecule has 0 aliphatic heterocycles. The van der Waals surface area contributed by atoms with Gasteiger partial charge in [0.25, 0.3) is 0 Å². The van der Waals surface area contributed by atoms with E-state index in [0.717, 1.165) is 45.5 Å². The van der Waals surface area contributed by atoms with E-state index < -0.39 is 0 Å². The zero-order chi connectivity index (χ0) is 16.1. The smallest absolute Gasteiger partial charge is 0.137 e. The summed E-state index contributed by atoms with van der Waals surface area (Å²) in [5, 5.41) is 5.75. The van der Waals surface area contributed by atoms with E-state index in [1.165, 1.54) is 0 Å². The highest BCUT2D eigenvalue weighted by Gasteiger charge is 2.08. The lowest BCUT2D eigenvalue weighted by Gasteiger charge is -2.04. The van der Waals surface area contributed by atoms with E-state index in [9.17, 15) is 0 Å². The molecule has 0 unspecified atom stereocenters. The molecule has 1 N–H and O–H groups in total. The van der Waals surface area contributed by atoms with Crippen LogP contribution in [0.15, 0.2) is 48.8 Å². The molecule has 0 radical (unpaired) electrons. The van der Waals surface area contributed by atoms with Gasteiger partial charge in [0, 0.05) is 29.5 Å². The number of rotatable bonds is 6. The second kappa shape index (κ2) is 7.88. The second-order valence-corrected chi connectivity index (χ2v) is 6.86. The first-order valence-electron chi connectivity index (χ1n) is 7.24. The maximum absolute atomic E-state index is 6.15. The Kier molecular flexibility index (Phi) is 5.62. The lowest BCUT2D eigenvalue weighted by molar-refractivity contribution is 0.684. The van der Waals surface area contributed by atoms with Crippen LogP contribution < -0.4 is 5.32 Å². The van der Waals surface area contributed by atoms with Gasteiger partial charge < -0.3 is 5.32 Å². The highest BCUT2D eigenvalue weighted by Crippen LogP contribution is 2.30. The van der Waals surface area contributed by atoms with E-state index >= 15 is 0 Å². The number of nitrogens with zero attached hydrogens (tertiary/aromatic N) is 2. The molecule has 0 spiro atoms. The van der Waals surface area contributed by atoms with Crippen molar-refractivity contribution in [2.75, 3.05) is 6.54 Å². The maximum atomic E-state index is 6.15. The molecule has 0 saturated heterocycles.